The molecule has 0 saturated heterocycles. The number of aliphatic hydroxyl groups is 1. The average Bonchev–Trinajstić information content (AvgIpc) is 2.36. The van der Waals surface area contributed by atoms with Crippen LogP contribution in [0, 0.1) is 11.8 Å². The van der Waals surface area contributed by atoms with Gasteiger partial charge in [0, 0.05) is 26.1 Å². The third-order valence-corrected chi connectivity index (χ3v) is 2.67. The summed E-state index contributed by atoms with van der Waals surface area (Å²) in [6.45, 7) is 6.87. The van der Waals surface area contributed by atoms with Gasteiger partial charge in [0.15, 0.2) is 0 Å². The number of carbonyl (C=O) groups is 2. The van der Waals surface area contributed by atoms with E-state index < -0.39 is 0 Å². The van der Waals surface area contributed by atoms with Crippen LogP contribution in [-0.4, -0.2) is 61.8 Å². The Hall–Kier alpha value is -1.14. The lowest BCUT2D eigenvalue weighted by Crippen LogP contribution is -2.36. The molecule has 1 atom stereocenters. The van der Waals surface area contributed by atoms with E-state index in [-0.39, 0.29) is 30.3 Å². The van der Waals surface area contributed by atoms with Crippen LogP contribution in [0.2, 0.25) is 0 Å². The second-order valence-electron chi connectivity index (χ2n) is 4.91. The van der Waals surface area contributed by atoms with E-state index in [2.05, 4.69) is 5.32 Å². The lowest BCUT2D eigenvalue weighted by atomic mass is 10.1. The standard InChI is InChI=1S/C13H26N2O4/c1-10(2)12(17)14-5-8-19-9-11(3)13(18)15(4)6-7-16/h10-11,16H,5-9H2,1-4H3,(H,14,17). The summed E-state index contributed by atoms with van der Waals surface area (Å²) in [7, 11) is 1.65. The van der Waals surface area contributed by atoms with E-state index in [0.29, 0.717) is 26.3 Å². The van der Waals surface area contributed by atoms with Crippen molar-refractivity contribution in [2.45, 2.75) is 20.8 Å². The Balaban J connectivity index is 3.71. The molecular weight excluding hydrogens is 248 g/mol. The molecule has 0 aromatic rings. The van der Waals surface area contributed by atoms with E-state index in [4.69, 9.17) is 9.84 Å². The fourth-order valence-electron chi connectivity index (χ4n) is 1.42. The summed E-state index contributed by atoms with van der Waals surface area (Å²) in [5, 5.41) is 11.5. The highest BCUT2D eigenvalue weighted by Gasteiger charge is 2.17. The van der Waals surface area contributed by atoms with Crippen molar-refractivity contribution in [1.82, 2.24) is 10.2 Å². The van der Waals surface area contributed by atoms with E-state index in [9.17, 15) is 9.59 Å². The lowest BCUT2D eigenvalue weighted by Gasteiger charge is -2.20. The van der Waals surface area contributed by atoms with Crippen molar-refractivity contribution in [1.29, 1.82) is 0 Å². The molecule has 1 unspecified atom stereocenters. The van der Waals surface area contributed by atoms with Crippen LogP contribution >= 0.6 is 0 Å². The molecule has 112 valence electrons. The third kappa shape index (κ3) is 7.79. The van der Waals surface area contributed by atoms with E-state index >= 15 is 0 Å². The summed E-state index contributed by atoms with van der Waals surface area (Å²) in [4.78, 5) is 24.5. The van der Waals surface area contributed by atoms with Gasteiger partial charge < -0.3 is 20.1 Å². The number of likely N-dealkylation sites (N-methyl/N-ethyl adjacent to an activating group) is 1. The fraction of sp³-hybridized carbons (Fsp3) is 0.846. The molecule has 0 aliphatic carbocycles. The van der Waals surface area contributed by atoms with E-state index in [1.54, 1.807) is 14.0 Å². The molecule has 0 rings (SSSR count). The number of hydrogen-bond donors (Lipinski definition) is 2. The normalized spacial score (nSPS) is 12.3. The Labute approximate surface area is 115 Å². The molecular formula is C13H26N2O4. The monoisotopic (exact) mass is 274 g/mol. The van der Waals surface area contributed by atoms with Crippen LogP contribution in [-0.2, 0) is 14.3 Å². The molecule has 0 fully saturated rings. The Bertz CT molecular complexity index is 282. The second kappa shape index (κ2) is 9.75. The van der Waals surface area contributed by atoms with Crippen LogP contribution in [0.15, 0.2) is 0 Å². The zero-order chi connectivity index (χ0) is 14.8. The summed E-state index contributed by atoms with van der Waals surface area (Å²) in [5.74, 6) is -0.347. The van der Waals surface area contributed by atoms with Crippen molar-refractivity contribution in [3.63, 3.8) is 0 Å². The summed E-state index contributed by atoms with van der Waals surface area (Å²) < 4.78 is 5.35. The maximum Gasteiger partial charge on any atom is 0.227 e. The quantitative estimate of drug-likeness (QED) is 0.574. The average molecular weight is 274 g/mol. The predicted octanol–water partition coefficient (Wildman–Crippen LogP) is -0.138. The molecule has 0 aliphatic heterocycles. The van der Waals surface area contributed by atoms with Crippen molar-refractivity contribution < 1.29 is 19.4 Å². The Morgan fingerprint density at radius 2 is 1.95 bits per heavy atom. The highest BCUT2D eigenvalue weighted by atomic mass is 16.5. The molecule has 0 spiro atoms. The topological polar surface area (TPSA) is 78.9 Å². The van der Waals surface area contributed by atoms with Crippen molar-refractivity contribution in [3.05, 3.63) is 0 Å². The number of carbonyl (C=O) groups excluding carboxylic acids is 2. The van der Waals surface area contributed by atoms with Gasteiger partial charge in [0.25, 0.3) is 0 Å². The van der Waals surface area contributed by atoms with E-state index in [1.807, 2.05) is 13.8 Å². The Morgan fingerprint density at radius 3 is 2.47 bits per heavy atom. The molecule has 0 aromatic carbocycles. The molecule has 19 heavy (non-hydrogen) atoms. The summed E-state index contributed by atoms with van der Waals surface area (Å²) in [5.41, 5.74) is 0. The van der Waals surface area contributed by atoms with Gasteiger partial charge >= 0.3 is 0 Å². The SMILES string of the molecule is CC(C)C(=O)NCCOCC(C)C(=O)N(C)CCO. The van der Waals surface area contributed by atoms with Crippen LogP contribution in [0.1, 0.15) is 20.8 Å². The first kappa shape index (κ1) is 17.9. The van der Waals surface area contributed by atoms with Gasteiger partial charge in [-0.1, -0.05) is 20.8 Å². The van der Waals surface area contributed by atoms with Crippen molar-refractivity contribution in [2.75, 3.05) is 40.0 Å². The highest BCUT2D eigenvalue weighted by molar-refractivity contribution is 5.78. The number of amides is 2. The summed E-state index contributed by atoms with van der Waals surface area (Å²) in [6.07, 6.45) is 0. The zero-order valence-corrected chi connectivity index (χ0v) is 12.3. The molecule has 6 heteroatoms. The molecule has 0 aromatic heterocycles. The van der Waals surface area contributed by atoms with Crippen LogP contribution < -0.4 is 5.32 Å². The first-order chi connectivity index (χ1) is 8.90. The number of hydrogen-bond acceptors (Lipinski definition) is 4. The van der Waals surface area contributed by atoms with Crippen LogP contribution in [0.5, 0.6) is 0 Å². The molecule has 0 heterocycles. The van der Waals surface area contributed by atoms with Gasteiger partial charge in [0.1, 0.15) is 0 Å². The molecule has 0 radical (unpaired) electrons. The van der Waals surface area contributed by atoms with Gasteiger partial charge in [-0.2, -0.15) is 0 Å². The van der Waals surface area contributed by atoms with Gasteiger partial charge in [-0.25, -0.2) is 0 Å². The minimum absolute atomic E-state index is 0.00426. The maximum absolute atomic E-state index is 11.8. The third-order valence-electron chi connectivity index (χ3n) is 2.67. The number of ether oxygens (including phenoxy) is 1. The van der Waals surface area contributed by atoms with Gasteiger partial charge in [0.2, 0.25) is 11.8 Å². The minimum atomic E-state index is -0.252. The van der Waals surface area contributed by atoms with Crippen LogP contribution in [0.3, 0.4) is 0 Å². The van der Waals surface area contributed by atoms with Gasteiger partial charge in [-0.3, -0.25) is 9.59 Å². The van der Waals surface area contributed by atoms with Crippen LogP contribution in [0.4, 0.5) is 0 Å². The first-order valence-corrected chi connectivity index (χ1v) is 6.61. The van der Waals surface area contributed by atoms with Gasteiger partial charge in [0.05, 0.1) is 25.7 Å². The van der Waals surface area contributed by atoms with E-state index in [0.717, 1.165) is 0 Å². The highest BCUT2D eigenvalue weighted by Crippen LogP contribution is 2.01. The molecule has 2 N–H and O–H groups in total. The zero-order valence-electron chi connectivity index (χ0n) is 12.3. The molecule has 0 saturated carbocycles. The van der Waals surface area contributed by atoms with Gasteiger partial charge in [-0.15, -0.1) is 0 Å². The summed E-state index contributed by atoms with van der Waals surface area (Å²) >= 11 is 0. The second-order valence-corrected chi connectivity index (χ2v) is 4.91. The molecule has 0 bridgehead atoms. The van der Waals surface area contributed by atoms with Crippen molar-refractivity contribution in [2.24, 2.45) is 11.8 Å². The summed E-state index contributed by atoms with van der Waals surface area (Å²) in [6, 6.07) is 0. The maximum atomic E-state index is 11.8. The largest absolute Gasteiger partial charge is 0.395 e. The lowest BCUT2D eigenvalue weighted by molar-refractivity contribution is -0.136. The Morgan fingerprint density at radius 1 is 1.32 bits per heavy atom. The van der Waals surface area contributed by atoms with Gasteiger partial charge in [-0.05, 0) is 0 Å². The molecule has 2 amide bonds. The number of rotatable bonds is 9. The smallest absolute Gasteiger partial charge is 0.227 e. The van der Waals surface area contributed by atoms with Crippen molar-refractivity contribution in [3.8, 4) is 0 Å². The van der Waals surface area contributed by atoms with E-state index in [1.165, 1.54) is 4.90 Å². The molecule has 6 nitrogen and oxygen atoms in total. The van der Waals surface area contributed by atoms with Crippen LogP contribution in [0.25, 0.3) is 0 Å². The number of nitrogens with zero attached hydrogens (tertiary/aromatic N) is 1. The number of nitrogens with one attached hydrogen (secondary N) is 1. The molecule has 0 aliphatic rings. The van der Waals surface area contributed by atoms with Crippen molar-refractivity contribution >= 4 is 11.8 Å². The minimum Gasteiger partial charge on any atom is -0.395 e. The fourth-order valence-corrected chi connectivity index (χ4v) is 1.42. The Kier molecular flexibility index (Phi) is 9.16. The number of aliphatic hydroxyl groups excluding tert-OH is 1. The first-order valence-electron chi connectivity index (χ1n) is 6.61. The predicted molar refractivity (Wildman–Crippen MR) is 72.6 cm³/mol.